The summed E-state index contributed by atoms with van der Waals surface area (Å²) in [4.78, 5) is 19.6. The fourth-order valence-electron chi connectivity index (χ4n) is 2.47. The second-order valence-electron chi connectivity index (χ2n) is 5.15. The minimum Gasteiger partial charge on any atom is -0.399 e. The van der Waals surface area contributed by atoms with E-state index in [0.29, 0.717) is 5.82 Å². The van der Waals surface area contributed by atoms with Crippen molar-refractivity contribution in [2.45, 2.75) is 6.54 Å². The van der Waals surface area contributed by atoms with E-state index in [9.17, 15) is 4.79 Å². The van der Waals surface area contributed by atoms with E-state index >= 15 is 0 Å². The third-order valence-corrected chi connectivity index (χ3v) is 3.64. The van der Waals surface area contributed by atoms with Gasteiger partial charge in [-0.15, -0.1) is 0 Å². The molecule has 2 heterocycles. The van der Waals surface area contributed by atoms with Crippen molar-refractivity contribution in [3.8, 4) is 0 Å². The summed E-state index contributed by atoms with van der Waals surface area (Å²) in [5.74, 6) is 0.644. The van der Waals surface area contributed by atoms with E-state index in [0.717, 1.165) is 38.4 Å². The molecule has 21 heavy (non-hydrogen) atoms. The highest BCUT2D eigenvalue weighted by Gasteiger charge is 2.18. The van der Waals surface area contributed by atoms with Gasteiger partial charge in [-0.05, 0) is 17.7 Å². The van der Waals surface area contributed by atoms with E-state index in [2.05, 4.69) is 37.1 Å². The maximum atomic E-state index is 11.2. The van der Waals surface area contributed by atoms with Gasteiger partial charge >= 0.3 is 5.69 Å². The van der Waals surface area contributed by atoms with Crippen molar-refractivity contribution in [1.82, 2.24) is 20.1 Å². The number of nitrogen functional groups attached to an aromatic ring is 1. The molecule has 1 saturated heterocycles. The van der Waals surface area contributed by atoms with Crippen LogP contribution in [0.15, 0.2) is 35.3 Å². The first-order chi connectivity index (χ1) is 10.2. The van der Waals surface area contributed by atoms with Crippen molar-refractivity contribution in [3.63, 3.8) is 0 Å². The first-order valence-corrected chi connectivity index (χ1v) is 6.94. The van der Waals surface area contributed by atoms with Gasteiger partial charge in [-0.3, -0.25) is 4.90 Å². The van der Waals surface area contributed by atoms with E-state index in [1.165, 1.54) is 5.56 Å². The third kappa shape index (κ3) is 3.38. The third-order valence-electron chi connectivity index (χ3n) is 3.64. The number of H-pyrrole nitrogens is 1. The maximum absolute atomic E-state index is 11.2. The fourth-order valence-corrected chi connectivity index (χ4v) is 2.47. The molecule has 1 aromatic carbocycles. The van der Waals surface area contributed by atoms with Gasteiger partial charge in [0.2, 0.25) is 0 Å². The molecular weight excluding hydrogens is 268 g/mol. The monoisotopic (exact) mass is 286 g/mol. The van der Waals surface area contributed by atoms with Crippen molar-refractivity contribution in [1.29, 1.82) is 0 Å². The van der Waals surface area contributed by atoms with E-state index in [4.69, 9.17) is 5.73 Å². The number of aromatic amines is 1. The number of hydrogen-bond acceptors (Lipinski definition) is 6. The topological polar surface area (TPSA) is 91.1 Å². The molecule has 0 amide bonds. The molecule has 0 spiro atoms. The minimum atomic E-state index is -0.406. The summed E-state index contributed by atoms with van der Waals surface area (Å²) in [6, 6.07) is 7.97. The molecule has 7 heteroatoms. The molecule has 0 atom stereocenters. The molecule has 1 aliphatic heterocycles. The van der Waals surface area contributed by atoms with Gasteiger partial charge in [-0.1, -0.05) is 12.1 Å². The van der Waals surface area contributed by atoms with E-state index < -0.39 is 5.69 Å². The Labute approximate surface area is 122 Å². The Bertz CT molecular complexity index is 645. The lowest BCUT2D eigenvalue weighted by Gasteiger charge is -2.35. The zero-order valence-corrected chi connectivity index (χ0v) is 11.7. The standard InChI is InChI=1S/C14H18N6O/c15-12-3-1-11(2-4-12)10-19-5-7-20(8-6-19)13-9-16-18-14(21)17-13/h1-4,9H,5-8,10,15H2,(H,17,18,21). The number of hydrogen-bond donors (Lipinski definition) is 2. The van der Waals surface area contributed by atoms with Gasteiger partial charge in [-0.25, -0.2) is 9.89 Å². The van der Waals surface area contributed by atoms with Crippen LogP contribution in [0.5, 0.6) is 0 Å². The fraction of sp³-hybridized carbons (Fsp3) is 0.357. The molecule has 3 N–H and O–H groups in total. The van der Waals surface area contributed by atoms with Crippen LogP contribution in [0.2, 0.25) is 0 Å². The molecule has 0 radical (unpaired) electrons. The molecule has 0 aliphatic carbocycles. The van der Waals surface area contributed by atoms with Crippen LogP contribution in [0.1, 0.15) is 5.56 Å². The van der Waals surface area contributed by atoms with Crippen molar-refractivity contribution < 1.29 is 0 Å². The summed E-state index contributed by atoms with van der Waals surface area (Å²) in [5.41, 5.74) is 7.33. The highest BCUT2D eigenvalue weighted by atomic mass is 16.1. The predicted octanol–water partition coefficient (Wildman–Crippen LogP) is 0.0693. The summed E-state index contributed by atoms with van der Waals surface area (Å²) >= 11 is 0. The number of nitrogens with one attached hydrogen (secondary N) is 1. The number of aromatic nitrogens is 3. The van der Waals surface area contributed by atoms with Crippen molar-refractivity contribution in [2.75, 3.05) is 36.8 Å². The van der Waals surface area contributed by atoms with E-state index in [1.54, 1.807) is 6.20 Å². The molecule has 0 bridgehead atoms. The molecule has 1 fully saturated rings. The Balaban J connectivity index is 1.57. The van der Waals surface area contributed by atoms with Crippen molar-refractivity contribution in [2.24, 2.45) is 0 Å². The lowest BCUT2D eigenvalue weighted by molar-refractivity contribution is 0.249. The highest BCUT2D eigenvalue weighted by molar-refractivity contribution is 5.39. The number of benzene rings is 1. The Morgan fingerprint density at radius 1 is 1.14 bits per heavy atom. The lowest BCUT2D eigenvalue weighted by Crippen LogP contribution is -2.46. The zero-order chi connectivity index (χ0) is 14.7. The second-order valence-corrected chi connectivity index (χ2v) is 5.15. The maximum Gasteiger partial charge on any atom is 0.363 e. The van der Waals surface area contributed by atoms with Crippen LogP contribution in [0.3, 0.4) is 0 Å². The van der Waals surface area contributed by atoms with Gasteiger partial charge in [0.05, 0.1) is 6.20 Å². The van der Waals surface area contributed by atoms with Crippen LogP contribution in [0.4, 0.5) is 11.5 Å². The first kappa shape index (κ1) is 13.6. The van der Waals surface area contributed by atoms with Gasteiger partial charge in [0.25, 0.3) is 0 Å². The molecule has 0 unspecified atom stereocenters. The van der Waals surface area contributed by atoms with Crippen molar-refractivity contribution in [3.05, 3.63) is 46.5 Å². The molecular formula is C14H18N6O. The SMILES string of the molecule is Nc1ccc(CN2CCN(c3cn[nH]c(=O)n3)CC2)cc1. The van der Waals surface area contributed by atoms with Crippen LogP contribution in [-0.4, -0.2) is 46.3 Å². The molecule has 1 aromatic heterocycles. The summed E-state index contributed by atoms with van der Waals surface area (Å²) < 4.78 is 0. The number of anilines is 2. The van der Waals surface area contributed by atoms with E-state index in [1.807, 2.05) is 12.1 Å². The zero-order valence-electron chi connectivity index (χ0n) is 11.7. The molecule has 0 saturated carbocycles. The summed E-state index contributed by atoms with van der Waals surface area (Å²) in [5, 5.41) is 6.08. The summed E-state index contributed by atoms with van der Waals surface area (Å²) in [6.45, 7) is 4.45. The van der Waals surface area contributed by atoms with Gasteiger partial charge < -0.3 is 10.6 Å². The number of nitrogens with zero attached hydrogens (tertiary/aromatic N) is 4. The van der Waals surface area contributed by atoms with Crippen LogP contribution in [0, 0.1) is 0 Å². The molecule has 2 aromatic rings. The largest absolute Gasteiger partial charge is 0.399 e. The molecule has 1 aliphatic rings. The average Bonchev–Trinajstić information content (AvgIpc) is 2.50. The summed E-state index contributed by atoms with van der Waals surface area (Å²) in [7, 11) is 0. The molecule has 7 nitrogen and oxygen atoms in total. The predicted molar refractivity (Wildman–Crippen MR) is 81.0 cm³/mol. The molecule has 3 rings (SSSR count). The Morgan fingerprint density at radius 2 is 1.86 bits per heavy atom. The minimum absolute atomic E-state index is 0.406. The Morgan fingerprint density at radius 3 is 2.52 bits per heavy atom. The Kier molecular flexibility index (Phi) is 3.83. The van der Waals surface area contributed by atoms with Crippen molar-refractivity contribution >= 4 is 11.5 Å². The summed E-state index contributed by atoms with van der Waals surface area (Å²) in [6.07, 6.45) is 1.59. The number of rotatable bonds is 3. The van der Waals surface area contributed by atoms with Gasteiger partial charge in [0, 0.05) is 38.4 Å². The smallest absolute Gasteiger partial charge is 0.363 e. The quantitative estimate of drug-likeness (QED) is 0.776. The highest BCUT2D eigenvalue weighted by Crippen LogP contribution is 2.13. The Hall–Kier alpha value is -2.41. The van der Waals surface area contributed by atoms with Crippen LogP contribution in [0.25, 0.3) is 0 Å². The normalized spacial score (nSPS) is 16.1. The van der Waals surface area contributed by atoms with Gasteiger partial charge in [0.1, 0.15) is 0 Å². The van der Waals surface area contributed by atoms with Crippen LogP contribution >= 0.6 is 0 Å². The average molecular weight is 286 g/mol. The van der Waals surface area contributed by atoms with E-state index in [-0.39, 0.29) is 0 Å². The van der Waals surface area contributed by atoms with Gasteiger partial charge in [0.15, 0.2) is 5.82 Å². The van der Waals surface area contributed by atoms with Crippen LogP contribution in [-0.2, 0) is 6.54 Å². The van der Waals surface area contributed by atoms with Crippen LogP contribution < -0.4 is 16.3 Å². The van der Waals surface area contributed by atoms with Gasteiger partial charge in [-0.2, -0.15) is 10.1 Å². The molecule has 110 valence electrons. The lowest BCUT2D eigenvalue weighted by atomic mass is 10.2. The second kappa shape index (κ2) is 5.92. The number of nitrogens with two attached hydrogens (primary N) is 1. The first-order valence-electron chi connectivity index (χ1n) is 6.94. The number of piperazine rings is 1.